The fourth-order valence-electron chi connectivity index (χ4n) is 1.46. The molecule has 80 valence electrons. The van der Waals surface area contributed by atoms with Crippen LogP contribution in [0.25, 0.3) is 0 Å². The summed E-state index contributed by atoms with van der Waals surface area (Å²) < 4.78 is 6.22. The molecule has 2 rings (SSSR count). The summed E-state index contributed by atoms with van der Waals surface area (Å²) in [5.41, 5.74) is 0. The highest BCUT2D eigenvalue weighted by Gasteiger charge is 2.27. The van der Waals surface area contributed by atoms with Crippen LogP contribution in [0.4, 0.5) is 5.82 Å². The number of hydrogen-bond donors (Lipinski definition) is 1. The van der Waals surface area contributed by atoms with E-state index in [-0.39, 0.29) is 12.0 Å². The third-order valence-electron chi connectivity index (χ3n) is 2.18. The molecule has 0 saturated carbocycles. The Hall–Kier alpha value is -1.10. The topological polar surface area (TPSA) is 51.2 Å². The van der Waals surface area contributed by atoms with Gasteiger partial charge in [0.25, 0.3) is 5.91 Å². The predicted octanol–water partition coefficient (Wildman–Crippen LogP) is 2.34. The Bertz CT molecular complexity index is 395. The molecule has 1 aliphatic heterocycles. The monoisotopic (exact) mass is 270 g/mol. The van der Waals surface area contributed by atoms with Gasteiger partial charge in [0.05, 0.1) is 0 Å². The Morgan fingerprint density at radius 1 is 1.60 bits per heavy atom. The quantitative estimate of drug-likeness (QED) is 0.840. The second kappa shape index (κ2) is 4.18. The Morgan fingerprint density at radius 3 is 3.13 bits per heavy atom. The van der Waals surface area contributed by atoms with Gasteiger partial charge in [0.15, 0.2) is 17.7 Å². The van der Waals surface area contributed by atoms with Gasteiger partial charge in [-0.15, -0.1) is 0 Å². The number of nitrogens with zero attached hydrogens (tertiary/aromatic N) is 1. The standard InChI is InChI=1S/C10H11BrN2O2/c1-2-3-7-10(14)13-9-6(15-7)4-5-8(11)12-9/h4-5,7H,2-3H2,1H3,(H,12,13,14). The summed E-state index contributed by atoms with van der Waals surface area (Å²) in [7, 11) is 0. The number of aromatic nitrogens is 1. The molecule has 1 aromatic rings. The number of amides is 1. The summed E-state index contributed by atoms with van der Waals surface area (Å²) >= 11 is 3.24. The number of fused-ring (bicyclic) bond motifs is 1. The van der Waals surface area contributed by atoms with Gasteiger partial charge in [0.1, 0.15) is 4.60 Å². The third-order valence-corrected chi connectivity index (χ3v) is 2.62. The first-order chi connectivity index (χ1) is 7.20. The Morgan fingerprint density at radius 2 is 2.40 bits per heavy atom. The molecule has 1 unspecified atom stereocenters. The van der Waals surface area contributed by atoms with Crippen LogP contribution in [-0.2, 0) is 4.79 Å². The van der Waals surface area contributed by atoms with E-state index in [1.54, 1.807) is 12.1 Å². The van der Waals surface area contributed by atoms with Crippen molar-refractivity contribution in [3.63, 3.8) is 0 Å². The van der Waals surface area contributed by atoms with Gasteiger partial charge in [0, 0.05) is 0 Å². The second-order valence-corrected chi connectivity index (χ2v) is 4.18. The molecule has 0 aliphatic carbocycles. The predicted molar refractivity (Wildman–Crippen MR) is 59.9 cm³/mol. The van der Waals surface area contributed by atoms with Gasteiger partial charge in [-0.05, 0) is 34.5 Å². The van der Waals surface area contributed by atoms with Crippen LogP contribution in [0.5, 0.6) is 5.75 Å². The number of carbonyl (C=O) groups is 1. The highest BCUT2D eigenvalue weighted by molar-refractivity contribution is 9.10. The Labute approximate surface area is 96.2 Å². The molecule has 0 fully saturated rings. The van der Waals surface area contributed by atoms with Crippen LogP contribution in [0.1, 0.15) is 19.8 Å². The zero-order valence-corrected chi connectivity index (χ0v) is 9.87. The first-order valence-electron chi connectivity index (χ1n) is 4.84. The summed E-state index contributed by atoms with van der Waals surface area (Å²) in [5.74, 6) is 1.01. The number of anilines is 1. The second-order valence-electron chi connectivity index (χ2n) is 3.37. The van der Waals surface area contributed by atoms with Crippen molar-refractivity contribution in [3.05, 3.63) is 16.7 Å². The summed E-state index contributed by atoms with van der Waals surface area (Å²) in [6.45, 7) is 2.02. The molecular formula is C10H11BrN2O2. The van der Waals surface area contributed by atoms with Crippen molar-refractivity contribution in [1.82, 2.24) is 4.98 Å². The number of nitrogens with one attached hydrogen (secondary N) is 1. The maximum absolute atomic E-state index is 11.6. The van der Waals surface area contributed by atoms with Crippen molar-refractivity contribution in [2.75, 3.05) is 5.32 Å². The summed E-state index contributed by atoms with van der Waals surface area (Å²) in [4.78, 5) is 15.7. The highest BCUT2D eigenvalue weighted by Crippen LogP contribution is 2.29. The normalized spacial score (nSPS) is 19.1. The SMILES string of the molecule is CCCC1Oc2ccc(Br)nc2NC1=O. The van der Waals surface area contributed by atoms with E-state index in [9.17, 15) is 4.79 Å². The molecule has 15 heavy (non-hydrogen) atoms. The van der Waals surface area contributed by atoms with E-state index in [0.29, 0.717) is 16.2 Å². The molecule has 1 N–H and O–H groups in total. The molecule has 0 saturated heterocycles. The largest absolute Gasteiger partial charge is 0.477 e. The van der Waals surface area contributed by atoms with Crippen molar-refractivity contribution in [3.8, 4) is 5.75 Å². The molecule has 1 atom stereocenters. The maximum atomic E-state index is 11.6. The molecule has 0 aromatic carbocycles. The van der Waals surface area contributed by atoms with Gasteiger partial charge in [-0.1, -0.05) is 13.3 Å². The van der Waals surface area contributed by atoms with Gasteiger partial charge in [0.2, 0.25) is 0 Å². The highest BCUT2D eigenvalue weighted by atomic mass is 79.9. The van der Waals surface area contributed by atoms with Crippen LogP contribution < -0.4 is 10.1 Å². The lowest BCUT2D eigenvalue weighted by molar-refractivity contribution is -0.123. The fraction of sp³-hybridized carbons (Fsp3) is 0.400. The molecule has 2 heterocycles. The molecule has 0 spiro atoms. The Balaban J connectivity index is 2.26. The lowest BCUT2D eigenvalue weighted by Crippen LogP contribution is -2.37. The van der Waals surface area contributed by atoms with Crippen molar-refractivity contribution >= 4 is 27.7 Å². The summed E-state index contributed by atoms with van der Waals surface area (Å²) in [6.07, 6.45) is 1.25. The fourth-order valence-corrected chi connectivity index (χ4v) is 1.77. The minimum absolute atomic E-state index is 0.116. The average Bonchev–Trinajstić information content (AvgIpc) is 2.20. The summed E-state index contributed by atoms with van der Waals surface area (Å²) in [6, 6.07) is 3.59. The molecule has 1 aromatic heterocycles. The third kappa shape index (κ3) is 2.12. The minimum atomic E-state index is -0.384. The average molecular weight is 271 g/mol. The van der Waals surface area contributed by atoms with Crippen LogP contribution in [0.3, 0.4) is 0 Å². The number of rotatable bonds is 2. The molecule has 0 radical (unpaired) electrons. The van der Waals surface area contributed by atoms with Gasteiger partial charge >= 0.3 is 0 Å². The maximum Gasteiger partial charge on any atom is 0.266 e. The number of pyridine rings is 1. The van der Waals surface area contributed by atoms with Gasteiger partial charge in [-0.25, -0.2) is 4.98 Å². The van der Waals surface area contributed by atoms with E-state index in [1.807, 2.05) is 6.92 Å². The van der Waals surface area contributed by atoms with Crippen molar-refractivity contribution in [2.24, 2.45) is 0 Å². The number of halogens is 1. The zero-order chi connectivity index (χ0) is 10.8. The van der Waals surface area contributed by atoms with Gasteiger partial charge < -0.3 is 10.1 Å². The lowest BCUT2D eigenvalue weighted by atomic mass is 10.1. The van der Waals surface area contributed by atoms with Gasteiger partial charge in [-0.2, -0.15) is 0 Å². The first kappa shape index (κ1) is 10.4. The molecule has 5 heteroatoms. The molecular weight excluding hydrogens is 260 g/mol. The number of hydrogen-bond acceptors (Lipinski definition) is 3. The lowest BCUT2D eigenvalue weighted by Gasteiger charge is -2.24. The van der Waals surface area contributed by atoms with Crippen molar-refractivity contribution in [1.29, 1.82) is 0 Å². The van der Waals surface area contributed by atoms with Crippen molar-refractivity contribution < 1.29 is 9.53 Å². The first-order valence-corrected chi connectivity index (χ1v) is 5.64. The van der Waals surface area contributed by atoms with E-state index in [4.69, 9.17) is 4.74 Å². The van der Waals surface area contributed by atoms with Gasteiger partial charge in [-0.3, -0.25) is 4.79 Å². The van der Waals surface area contributed by atoms with Crippen LogP contribution in [0.2, 0.25) is 0 Å². The molecule has 0 bridgehead atoms. The van der Waals surface area contributed by atoms with Crippen molar-refractivity contribution in [2.45, 2.75) is 25.9 Å². The molecule has 4 nitrogen and oxygen atoms in total. The van der Waals surface area contributed by atoms with E-state index >= 15 is 0 Å². The van der Waals surface area contributed by atoms with Crippen LogP contribution in [0.15, 0.2) is 16.7 Å². The van der Waals surface area contributed by atoms with E-state index in [1.165, 1.54) is 0 Å². The van der Waals surface area contributed by atoms with Crippen LogP contribution in [0, 0.1) is 0 Å². The van der Waals surface area contributed by atoms with Crippen LogP contribution >= 0.6 is 15.9 Å². The zero-order valence-electron chi connectivity index (χ0n) is 8.29. The number of carbonyl (C=O) groups excluding carboxylic acids is 1. The smallest absolute Gasteiger partial charge is 0.266 e. The van der Waals surface area contributed by atoms with E-state index in [0.717, 1.165) is 12.8 Å². The molecule has 1 amide bonds. The van der Waals surface area contributed by atoms with Crippen LogP contribution in [-0.4, -0.2) is 17.0 Å². The number of ether oxygens (including phenoxy) is 1. The van der Waals surface area contributed by atoms with E-state index in [2.05, 4.69) is 26.2 Å². The van der Waals surface area contributed by atoms with E-state index < -0.39 is 0 Å². The Kier molecular flexibility index (Phi) is 2.90. The minimum Gasteiger partial charge on any atom is -0.477 e. The molecule has 1 aliphatic rings. The summed E-state index contributed by atoms with van der Waals surface area (Å²) in [5, 5.41) is 2.73.